The van der Waals surface area contributed by atoms with Gasteiger partial charge in [0.15, 0.2) is 6.61 Å². The largest absolute Gasteiger partial charge is 0.452 e. The summed E-state index contributed by atoms with van der Waals surface area (Å²) in [4.78, 5) is 36.6. The van der Waals surface area contributed by atoms with Crippen molar-refractivity contribution in [2.45, 2.75) is 26.2 Å². The topological polar surface area (TPSA) is 77.4 Å². The Morgan fingerprint density at radius 2 is 1.66 bits per heavy atom. The second-order valence-electron chi connectivity index (χ2n) is 7.95. The van der Waals surface area contributed by atoms with Gasteiger partial charge in [-0.1, -0.05) is 51.1 Å². The number of benzene rings is 2. The third kappa shape index (κ3) is 4.54. The molecule has 0 saturated heterocycles. The Hall–Kier alpha value is -3.41. The number of esters is 1. The lowest BCUT2D eigenvalue weighted by atomic mass is 9.87. The first kappa shape index (κ1) is 20.3. The van der Waals surface area contributed by atoms with Gasteiger partial charge < -0.3 is 9.30 Å². The number of carbonyl (C=O) groups excluding carboxylic acids is 3. The van der Waals surface area contributed by atoms with E-state index in [2.05, 4.69) is 26.1 Å². The number of carbonyl (C=O) groups is 3. The average Bonchev–Trinajstić information content (AvgIpc) is 3.02. The minimum atomic E-state index is -0.677. The first-order valence-electron chi connectivity index (χ1n) is 9.33. The molecule has 0 aliphatic heterocycles. The molecule has 0 bridgehead atoms. The fraction of sp³-hybridized carbons (Fsp3) is 0.261. The predicted octanol–water partition coefficient (Wildman–Crippen LogP) is 3.59. The highest BCUT2D eigenvalue weighted by molar-refractivity contribution is 6.07. The average molecular weight is 392 g/mol. The minimum absolute atomic E-state index is 0.0271. The van der Waals surface area contributed by atoms with Crippen molar-refractivity contribution < 1.29 is 19.1 Å². The summed E-state index contributed by atoms with van der Waals surface area (Å²) >= 11 is 0. The number of fused-ring (bicyclic) bond motifs is 1. The molecule has 2 aromatic carbocycles. The van der Waals surface area contributed by atoms with Crippen LogP contribution in [0.15, 0.2) is 54.7 Å². The monoisotopic (exact) mass is 392 g/mol. The molecule has 150 valence electrons. The maximum Gasteiger partial charge on any atom is 0.340 e. The first-order valence-corrected chi connectivity index (χ1v) is 9.33. The quantitative estimate of drug-likeness (QED) is 0.689. The van der Waals surface area contributed by atoms with Crippen LogP contribution in [0.1, 0.15) is 47.1 Å². The molecule has 29 heavy (non-hydrogen) atoms. The number of nitrogens with zero attached hydrogens (tertiary/aromatic N) is 1. The smallest absolute Gasteiger partial charge is 0.340 e. The van der Waals surface area contributed by atoms with Crippen molar-refractivity contribution in [1.29, 1.82) is 0 Å². The third-order valence-corrected chi connectivity index (χ3v) is 4.72. The van der Waals surface area contributed by atoms with Crippen LogP contribution in [0.25, 0.3) is 10.9 Å². The lowest BCUT2D eigenvalue weighted by molar-refractivity contribution is -0.123. The standard InChI is InChI=1S/C23H24N2O4/c1-23(2,3)16-11-9-15(10-12-16)21(27)24-20(26)14-29-22(28)18-13-25(4)19-8-6-5-7-17(18)19/h5-13H,14H2,1-4H3,(H,24,26,27). The molecule has 0 aliphatic carbocycles. The van der Waals surface area contributed by atoms with Gasteiger partial charge in [0.1, 0.15) is 0 Å². The molecule has 0 saturated carbocycles. The summed E-state index contributed by atoms with van der Waals surface area (Å²) in [5.41, 5.74) is 2.69. The van der Waals surface area contributed by atoms with E-state index < -0.39 is 24.4 Å². The SMILES string of the molecule is Cn1cc(C(=O)OCC(=O)NC(=O)c2ccc(C(C)(C)C)cc2)c2ccccc21. The van der Waals surface area contributed by atoms with Crippen molar-refractivity contribution >= 4 is 28.7 Å². The van der Waals surface area contributed by atoms with Crippen molar-refractivity contribution in [1.82, 2.24) is 9.88 Å². The van der Waals surface area contributed by atoms with Crippen LogP contribution in [0, 0.1) is 0 Å². The number of hydrogen-bond donors (Lipinski definition) is 1. The molecule has 1 heterocycles. The van der Waals surface area contributed by atoms with Gasteiger partial charge in [0, 0.05) is 29.7 Å². The predicted molar refractivity (Wildman–Crippen MR) is 111 cm³/mol. The van der Waals surface area contributed by atoms with Gasteiger partial charge in [-0.05, 0) is 29.2 Å². The molecule has 0 radical (unpaired) electrons. The maximum absolute atomic E-state index is 12.4. The molecule has 3 aromatic rings. The Morgan fingerprint density at radius 1 is 1.00 bits per heavy atom. The van der Waals surface area contributed by atoms with Crippen LogP contribution in [0.5, 0.6) is 0 Å². The number of aryl methyl sites for hydroxylation is 1. The fourth-order valence-electron chi connectivity index (χ4n) is 3.07. The van der Waals surface area contributed by atoms with E-state index in [1.807, 2.05) is 48.0 Å². The summed E-state index contributed by atoms with van der Waals surface area (Å²) in [6.07, 6.45) is 1.66. The summed E-state index contributed by atoms with van der Waals surface area (Å²) in [6, 6.07) is 14.5. The Morgan fingerprint density at radius 3 is 2.31 bits per heavy atom. The van der Waals surface area contributed by atoms with Crippen LogP contribution in [0.4, 0.5) is 0 Å². The van der Waals surface area contributed by atoms with Crippen LogP contribution in [-0.4, -0.2) is 29.0 Å². The van der Waals surface area contributed by atoms with E-state index in [-0.39, 0.29) is 5.41 Å². The zero-order valence-electron chi connectivity index (χ0n) is 17.0. The van der Waals surface area contributed by atoms with Gasteiger partial charge in [-0.15, -0.1) is 0 Å². The van der Waals surface area contributed by atoms with Crippen molar-refractivity contribution in [3.05, 3.63) is 71.4 Å². The van der Waals surface area contributed by atoms with Crippen LogP contribution in [0.2, 0.25) is 0 Å². The zero-order chi connectivity index (χ0) is 21.2. The number of hydrogen-bond acceptors (Lipinski definition) is 4. The van der Waals surface area contributed by atoms with Gasteiger partial charge in [-0.25, -0.2) is 4.79 Å². The Labute approximate surface area is 169 Å². The summed E-state index contributed by atoms with van der Waals surface area (Å²) in [5, 5.41) is 2.99. The summed E-state index contributed by atoms with van der Waals surface area (Å²) in [7, 11) is 1.83. The highest BCUT2D eigenvalue weighted by atomic mass is 16.5. The van der Waals surface area contributed by atoms with Gasteiger partial charge in [-0.2, -0.15) is 0 Å². The van der Waals surface area contributed by atoms with E-state index in [1.165, 1.54) is 0 Å². The van der Waals surface area contributed by atoms with Gasteiger partial charge in [0.25, 0.3) is 11.8 Å². The number of aromatic nitrogens is 1. The lowest BCUT2D eigenvalue weighted by Gasteiger charge is -2.18. The summed E-state index contributed by atoms with van der Waals surface area (Å²) < 4.78 is 6.91. The van der Waals surface area contributed by atoms with Gasteiger partial charge in [-0.3, -0.25) is 14.9 Å². The highest BCUT2D eigenvalue weighted by Gasteiger charge is 2.18. The molecule has 6 nitrogen and oxygen atoms in total. The molecule has 0 atom stereocenters. The second kappa shape index (κ2) is 7.91. The van der Waals surface area contributed by atoms with Crippen molar-refractivity contribution in [2.75, 3.05) is 6.61 Å². The fourth-order valence-corrected chi connectivity index (χ4v) is 3.07. The zero-order valence-corrected chi connectivity index (χ0v) is 17.0. The van der Waals surface area contributed by atoms with Crippen LogP contribution in [-0.2, 0) is 22.0 Å². The van der Waals surface area contributed by atoms with Gasteiger partial charge in [0.2, 0.25) is 0 Å². The highest BCUT2D eigenvalue weighted by Crippen LogP contribution is 2.22. The number of para-hydroxylation sites is 1. The normalized spacial score (nSPS) is 11.3. The molecule has 0 spiro atoms. The van der Waals surface area contributed by atoms with Gasteiger partial charge >= 0.3 is 5.97 Å². The molecule has 0 fully saturated rings. The van der Waals surface area contributed by atoms with Crippen LogP contribution >= 0.6 is 0 Å². The molecule has 1 aromatic heterocycles. The number of ether oxygens (including phenoxy) is 1. The molecule has 0 unspecified atom stereocenters. The molecular formula is C23H24N2O4. The molecule has 1 N–H and O–H groups in total. The van der Waals surface area contributed by atoms with E-state index in [1.54, 1.807) is 18.3 Å². The molecule has 3 rings (SSSR count). The van der Waals surface area contributed by atoms with E-state index in [0.717, 1.165) is 16.5 Å². The minimum Gasteiger partial charge on any atom is -0.452 e. The van der Waals surface area contributed by atoms with E-state index in [4.69, 9.17) is 4.74 Å². The van der Waals surface area contributed by atoms with Crippen molar-refractivity contribution in [2.24, 2.45) is 7.05 Å². The van der Waals surface area contributed by atoms with Crippen LogP contribution < -0.4 is 5.32 Å². The summed E-state index contributed by atoms with van der Waals surface area (Å²) in [5.74, 6) is -1.82. The Kier molecular flexibility index (Phi) is 5.55. The Bertz CT molecular complexity index is 1070. The number of nitrogens with one attached hydrogen (secondary N) is 1. The van der Waals surface area contributed by atoms with E-state index in [0.29, 0.717) is 11.1 Å². The molecule has 6 heteroatoms. The lowest BCUT2D eigenvalue weighted by Crippen LogP contribution is -2.34. The van der Waals surface area contributed by atoms with Crippen molar-refractivity contribution in [3.8, 4) is 0 Å². The number of amides is 2. The molecule has 0 aliphatic rings. The second-order valence-corrected chi connectivity index (χ2v) is 7.95. The third-order valence-electron chi connectivity index (χ3n) is 4.72. The van der Waals surface area contributed by atoms with Crippen molar-refractivity contribution in [3.63, 3.8) is 0 Å². The van der Waals surface area contributed by atoms with Crippen LogP contribution in [0.3, 0.4) is 0 Å². The summed E-state index contributed by atoms with van der Waals surface area (Å²) in [6.45, 7) is 5.70. The van der Waals surface area contributed by atoms with E-state index in [9.17, 15) is 14.4 Å². The molecule has 2 amide bonds. The number of imide groups is 1. The molecular weight excluding hydrogens is 368 g/mol. The Balaban J connectivity index is 1.59. The number of rotatable bonds is 4. The van der Waals surface area contributed by atoms with E-state index >= 15 is 0 Å². The maximum atomic E-state index is 12.4. The first-order chi connectivity index (χ1) is 13.7. The van der Waals surface area contributed by atoms with Gasteiger partial charge in [0.05, 0.1) is 5.56 Å².